The predicted molar refractivity (Wildman–Crippen MR) is 62.9 cm³/mol. The molecule has 0 aliphatic rings. The van der Waals surface area contributed by atoms with Crippen LogP contribution in [0.3, 0.4) is 0 Å². The van der Waals surface area contributed by atoms with E-state index in [4.69, 9.17) is 11.6 Å². The highest BCUT2D eigenvalue weighted by Crippen LogP contribution is 2.18. The normalized spacial score (nSPS) is 9.93. The van der Waals surface area contributed by atoms with Gasteiger partial charge in [-0.1, -0.05) is 15.9 Å². The second-order valence-corrected chi connectivity index (χ2v) is 3.93. The molecule has 0 atom stereocenters. The highest BCUT2D eigenvalue weighted by molar-refractivity contribution is 9.10. The second kappa shape index (κ2) is 5.37. The third kappa shape index (κ3) is 2.72. The van der Waals surface area contributed by atoms with Crippen LogP contribution in [0, 0.1) is 0 Å². The van der Waals surface area contributed by atoms with E-state index in [2.05, 4.69) is 15.9 Å². The molecule has 0 unspecified atom stereocenters. The molecule has 0 N–H and O–H groups in total. The van der Waals surface area contributed by atoms with Gasteiger partial charge < -0.3 is 4.90 Å². The van der Waals surface area contributed by atoms with Crippen LogP contribution >= 0.6 is 27.5 Å². The molecule has 0 fully saturated rings. The van der Waals surface area contributed by atoms with E-state index in [1.165, 1.54) is 0 Å². The Bertz CT molecular complexity index is 312. The monoisotopic (exact) mass is 275 g/mol. The molecule has 1 rings (SSSR count). The number of hydrogen-bond donors (Lipinski definition) is 0. The Balaban J connectivity index is 2.89. The number of anilines is 1. The van der Waals surface area contributed by atoms with E-state index in [0.717, 1.165) is 10.2 Å². The molecule has 0 heterocycles. The Morgan fingerprint density at radius 3 is 2.43 bits per heavy atom. The van der Waals surface area contributed by atoms with Crippen molar-refractivity contribution in [1.29, 1.82) is 0 Å². The molecule has 1 aromatic carbocycles. The molecule has 2 nitrogen and oxygen atoms in total. The quantitative estimate of drug-likeness (QED) is 0.777. The maximum atomic E-state index is 11.4. The van der Waals surface area contributed by atoms with Gasteiger partial charge in [-0.05, 0) is 31.2 Å². The number of nitrogens with zero attached hydrogens (tertiary/aromatic N) is 1. The highest BCUT2D eigenvalue weighted by Gasteiger charge is 2.11. The van der Waals surface area contributed by atoms with Crippen LogP contribution < -0.4 is 4.90 Å². The van der Waals surface area contributed by atoms with Crippen molar-refractivity contribution >= 4 is 39.1 Å². The lowest BCUT2D eigenvalue weighted by molar-refractivity contribution is -0.116. The number of benzene rings is 1. The zero-order valence-electron chi connectivity index (χ0n) is 7.84. The number of rotatable bonds is 3. The van der Waals surface area contributed by atoms with E-state index in [9.17, 15) is 4.79 Å². The molecule has 1 aromatic rings. The topological polar surface area (TPSA) is 20.3 Å². The highest BCUT2D eigenvalue weighted by atomic mass is 79.9. The summed E-state index contributed by atoms with van der Waals surface area (Å²) in [5.74, 6) is -0.0549. The Morgan fingerprint density at radius 1 is 1.43 bits per heavy atom. The lowest BCUT2D eigenvalue weighted by Crippen LogP contribution is -2.31. The average molecular weight is 277 g/mol. The van der Waals surface area contributed by atoms with Gasteiger partial charge in [0, 0.05) is 16.7 Å². The Hall–Kier alpha value is -0.540. The second-order valence-electron chi connectivity index (χ2n) is 2.75. The van der Waals surface area contributed by atoms with Gasteiger partial charge in [-0.15, -0.1) is 11.6 Å². The molecule has 0 spiro atoms. The van der Waals surface area contributed by atoms with Crippen molar-refractivity contribution in [3.63, 3.8) is 0 Å². The van der Waals surface area contributed by atoms with Crippen molar-refractivity contribution in [3.8, 4) is 0 Å². The summed E-state index contributed by atoms with van der Waals surface area (Å²) in [6.45, 7) is 2.56. The fraction of sp³-hybridized carbons (Fsp3) is 0.300. The van der Waals surface area contributed by atoms with Crippen molar-refractivity contribution in [1.82, 2.24) is 0 Å². The summed E-state index contributed by atoms with van der Waals surface area (Å²) in [6.07, 6.45) is 0. The van der Waals surface area contributed by atoms with Gasteiger partial charge in [0.15, 0.2) is 0 Å². The minimum absolute atomic E-state index is 0.0178. The van der Waals surface area contributed by atoms with Crippen LogP contribution in [0.5, 0.6) is 0 Å². The van der Waals surface area contributed by atoms with Crippen molar-refractivity contribution in [3.05, 3.63) is 28.7 Å². The zero-order chi connectivity index (χ0) is 10.6. The molecular formula is C10H11BrClNO. The molecule has 0 saturated carbocycles. The number of carbonyl (C=O) groups excluding carboxylic acids is 1. The molecule has 0 bridgehead atoms. The third-order valence-corrected chi connectivity index (χ3v) is 2.63. The first-order chi connectivity index (χ1) is 6.69. The zero-order valence-corrected chi connectivity index (χ0v) is 10.2. The van der Waals surface area contributed by atoms with Gasteiger partial charge in [0.2, 0.25) is 5.91 Å². The van der Waals surface area contributed by atoms with Gasteiger partial charge >= 0.3 is 0 Å². The first-order valence-electron chi connectivity index (χ1n) is 4.31. The van der Waals surface area contributed by atoms with E-state index in [-0.39, 0.29) is 11.8 Å². The third-order valence-electron chi connectivity index (χ3n) is 1.87. The summed E-state index contributed by atoms with van der Waals surface area (Å²) < 4.78 is 0.996. The standard InChI is InChI=1S/C10H11BrClNO/c1-2-13(10(14)7-12)9-5-3-8(11)4-6-9/h3-6H,2,7H2,1H3. The number of hydrogen-bond acceptors (Lipinski definition) is 1. The van der Waals surface area contributed by atoms with Crippen molar-refractivity contribution in [2.45, 2.75) is 6.92 Å². The molecule has 0 aromatic heterocycles. The van der Waals surface area contributed by atoms with Gasteiger partial charge in [0.1, 0.15) is 5.88 Å². The minimum atomic E-state index is -0.0727. The van der Waals surface area contributed by atoms with Crippen LogP contribution in [-0.2, 0) is 4.79 Å². The SMILES string of the molecule is CCN(C(=O)CCl)c1ccc(Br)cc1. The largest absolute Gasteiger partial charge is 0.312 e. The van der Waals surface area contributed by atoms with Crippen LogP contribution in [-0.4, -0.2) is 18.3 Å². The van der Waals surface area contributed by atoms with E-state index in [1.54, 1.807) is 4.90 Å². The van der Waals surface area contributed by atoms with Gasteiger partial charge in [-0.2, -0.15) is 0 Å². The summed E-state index contributed by atoms with van der Waals surface area (Å²) in [7, 11) is 0. The molecule has 0 saturated heterocycles. The maximum absolute atomic E-state index is 11.4. The van der Waals surface area contributed by atoms with Crippen molar-refractivity contribution < 1.29 is 4.79 Å². The Labute approximate surface area is 97.0 Å². The number of carbonyl (C=O) groups is 1. The van der Waals surface area contributed by atoms with E-state index < -0.39 is 0 Å². The summed E-state index contributed by atoms with van der Waals surface area (Å²) in [4.78, 5) is 13.1. The molecule has 0 radical (unpaired) electrons. The number of alkyl halides is 1. The van der Waals surface area contributed by atoms with Crippen LogP contribution in [0.2, 0.25) is 0 Å². The first-order valence-corrected chi connectivity index (χ1v) is 5.63. The first kappa shape index (κ1) is 11.5. The smallest absolute Gasteiger partial charge is 0.241 e. The minimum Gasteiger partial charge on any atom is -0.312 e. The molecular weight excluding hydrogens is 265 g/mol. The van der Waals surface area contributed by atoms with Crippen LogP contribution in [0.15, 0.2) is 28.7 Å². The summed E-state index contributed by atoms with van der Waals surface area (Å²) >= 11 is 8.85. The molecule has 76 valence electrons. The number of halogens is 2. The number of amides is 1. The lowest BCUT2D eigenvalue weighted by Gasteiger charge is -2.19. The van der Waals surface area contributed by atoms with Gasteiger partial charge in [0.05, 0.1) is 0 Å². The fourth-order valence-corrected chi connectivity index (χ4v) is 1.60. The van der Waals surface area contributed by atoms with E-state index in [0.29, 0.717) is 6.54 Å². The molecule has 0 aliphatic carbocycles. The molecule has 4 heteroatoms. The summed E-state index contributed by atoms with van der Waals surface area (Å²) in [5.41, 5.74) is 0.876. The van der Waals surface area contributed by atoms with Crippen LogP contribution in [0.4, 0.5) is 5.69 Å². The van der Waals surface area contributed by atoms with Crippen LogP contribution in [0.25, 0.3) is 0 Å². The van der Waals surface area contributed by atoms with Crippen LogP contribution in [0.1, 0.15) is 6.92 Å². The van der Waals surface area contributed by atoms with Gasteiger partial charge in [0.25, 0.3) is 0 Å². The maximum Gasteiger partial charge on any atom is 0.241 e. The summed E-state index contributed by atoms with van der Waals surface area (Å²) in [5, 5.41) is 0. The molecule has 0 aliphatic heterocycles. The Kier molecular flexibility index (Phi) is 4.42. The van der Waals surface area contributed by atoms with Crippen molar-refractivity contribution in [2.24, 2.45) is 0 Å². The Morgan fingerprint density at radius 2 is 2.00 bits per heavy atom. The predicted octanol–water partition coefficient (Wildman–Crippen LogP) is 3.04. The molecule has 1 amide bonds. The van der Waals surface area contributed by atoms with E-state index in [1.807, 2.05) is 31.2 Å². The fourth-order valence-electron chi connectivity index (χ4n) is 1.20. The lowest BCUT2D eigenvalue weighted by atomic mass is 10.3. The molecule has 14 heavy (non-hydrogen) atoms. The van der Waals surface area contributed by atoms with Gasteiger partial charge in [-0.3, -0.25) is 4.79 Å². The average Bonchev–Trinajstić information content (AvgIpc) is 2.21. The van der Waals surface area contributed by atoms with Crippen molar-refractivity contribution in [2.75, 3.05) is 17.3 Å². The van der Waals surface area contributed by atoms with E-state index >= 15 is 0 Å². The van der Waals surface area contributed by atoms with Gasteiger partial charge in [-0.25, -0.2) is 0 Å². The summed E-state index contributed by atoms with van der Waals surface area (Å²) in [6, 6.07) is 7.58.